The molecule has 1 heterocycles. The van der Waals surface area contributed by atoms with Gasteiger partial charge in [-0.15, -0.1) is 0 Å². The number of aryl methyl sites for hydroxylation is 2. The molecule has 1 aliphatic carbocycles. The maximum absolute atomic E-state index is 6.84. The molecule has 108 valence electrons. The van der Waals surface area contributed by atoms with E-state index < -0.39 is 0 Å². The lowest BCUT2D eigenvalue weighted by Gasteiger charge is -2.37. The smallest absolute Gasteiger partial charge is 0.127 e. The van der Waals surface area contributed by atoms with Crippen LogP contribution in [0, 0.1) is 0 Å². The highest BCUT2D eigenvalue weighted by atomic mass is 16.5. The molecule has 2 aliphatic rings. The van der Waals surface area contributed by atoms with Crippen molar-refractivity contribution in [3.8, 4) is 5.75 Å². The summed E-state index contributed by atoms with van der Waals surface area (Å²) < 4.78 is 5.98. The van der Waals surface area contributed by atoms with Gasteiger partial charge in [0.1, 0.15) is 5.75 Å². The molecular weight excluding hydrogens is 258 g/mol. The fraction of sp³-hybridized carbons (Fsp3) is 0.368. The van der Waals surface area contributed by atoms with Crippen LogP contribution in [0.2, 0.25) is 0 Å². The van der Waals surface area contributed by atoms with Gasteiger partial charge in [-0.2, -0.15) is 0 Å². The summed E-state index contributed by atoms with van der Waals surface area (Å²) in [6.45, 7) is 0.816. The molecule has 4 rings (SSSR count). The minimum absolute atomic E-state index is 0.295. The van der Waals surface area contributed by atoms with Crippen LogP contribution in [0.25, 0.3) is 0 Å². The van der Waals surface area contributed by atoms with Gasteiger partial charge >= 0.3 is 0 Å². The molecule has 1 atom stereocenters. The molecule has 2 aromatic carbocycles. The molecule has 2 heteroatoms. The van der Waals surface area contributed by atoms with Crippen LogP contribution in [-0.4, -0.2) is 6.61 Å². The number of hydrogen-bond donors (Lipinski definition) is 1. The number of rotatable bonds is 1. The third-order valence-electron chi connectivity index (χ3n) is 4.93. The summed E-state index contributed by atoms with van der Waals surface area (Å²) in [5.41, 5.74) is 11.9. The van der Waals surface area contributed by atoms with E-state index in [0.717, 1.165) is 44.5 Å². The van der Waals surface area contributed by atoms with E-state index in [4.69, 9.17) is 10.5 Å². The number of benzene rings is 2. The van der Waals surface area contributed by atoms with Crippen LogP contribution in [0.1, 0.15) is 35.1 Å². The third kappa shape index (κ3) is 2.14. The third-order valence-corrected chi connectivity index (χ3v) is 4.93. The first kappa shape index (κ1) is 12.9. The van der Waals surface area contributed by atoms with Crippen molar-refractivity contribution in [2.24, 2.45) is 5.73 Å². The van der Waals surface area contributed by atoms with Crippen LogP contribution >= 0.6 is 0 Å². The highest BCUT2D eigenvalue weighted by Gasteiger charge is 2.35. The Hall–Kier alpha value is -1.80. The molecule has 0 fully saturated rings. The van der Waals surface area contributed by atoms with Crippen molar-refractivity contribution in [1.82, 2.24) is 0 Å². The van der Waals surface area contributed by atoms with Crippen molar-refractivity contribution in [2.45, 2.75) is 37.6 Å². The standard InChI is InChI=1S/C19H21NO/c20-19(11-10-14-5-1-2-6-16(14)13-19)17-9-3-7-15-8-4-12-21-18(15)17/h1-3,5-7,9H,4,8,10-13,20H2. The summed E-state index contributed by atoms with van der Waals surface area (Å²) in [7, 11) is 0. The van der Waals surface area contributed by atoms with Crippen LogP contribution in [0.15, 0.2) is 42.5 Å². The van der Waals surface area contributed by atoms with E-state index in [0.29, 0.717) is 0 Å². The Morgan fingerprint density at radius 2 is 1.71 bits per heavy atom. The SMILES string of the molecule is NC1(c2cccc3c2OCCC3)CCc2ccccc2C1. The van der Waals surface area contributed by atoms with Gasteiger partial charge in [0.05, 0.1) is 6.61 Å². The zero-order chi connectivity index (χ0) is 14.3. The van der Waals surface area contributed by atoms with E-state index in [1.807, 2.05) is 0 Å². The molecule has 0 saturated carbocycles. The van der Waals surface area contributed by atoms with Crippen LogP contribution < -0.4 is 10.5 Å². The Morgan fingerprint density at radius 3 is 2.62 bits per heavy atom. The van der Waals surface area contributed by atoms with Crippen LogP contribution in [-0.2, 0) is 24.8 Å². The van der Waals surface area contributed by atoms with E-state index in [1.165, 1.54) is 22.3 Å². The maximum atomic E-state index is 6.84. The fourth-order valence-corrected chi connectivity index (χ4v) is 3.77. The lowest BCUT2D eigenvalue weighted by molar-refractivity contribution is 0.271. The number of fused-ring (bicyclic) bond motifs is 2. The minimum atomic E-state index is -0.295. The lowest BCUT2D eigenvalue weighted by Crippen LogP contribution is -2.42. The molecule has 0 spiro atoms. The van der Waals surface area contributed by atoms with Crippen LogP contribution in [0.5, 0.6) is 5.75 Å². The Balaban J connectivity index is 1.77. The predicted molar refractivity (Wildman–Crippen MR) is 84.6 cm³/mol. The first-order valence-electron chi connectivity index (χ1n) is 7.87. The molecule has 0 radical (unpaired) electrons. The molecule has 2 aromatic rings. The summed E-state index contributed by atoms with van der Waals surface area (Å²) in [5.74, 6) is 1.06. The average molecular weight is 279 g/mol. The van der Waals surface area contributed by atoms with Crippen molar-refractivity contribution in [1.29, 1.82) is 0 Å². The second kappa shape index (κ2) is 4.88. The average Bonchev–Trinajstić information content (AvgIpc) is 2.54. The van der Waals surface area contributed by atoms with E-state index in [-0.39, 0.29) is 5.54 Å². The van der Waals surface area contributed by atoms with Gasteiger partial charge in [0.25, 0.3) is 0 Å². The fourth-order valence-electron chi connectivity index (χ4n) is 3.77. The molecule has 0 saturated heterocycles. The molecule has 0 amide bonds. The van der Waals surface area contributed by atoms with Gasteiger partial charge in [-0.3, -0.25) is 0 Å². The second-order valence-electron chi connectivity index (χ2n) is 6.35. The van der Waals surface area contributed by atoms with Gasteiger partial charge in [0, 0.05) is 11.1 Å². The van der Waals surface area contributed by atoms with Gasteiger partial charge in [0.15, 0.2) is 0 Å². The van der Waals surface area contributed by atoms with Crippen molar-refractivity contribution < 1.29 is 4.74 Å². The van der Waals surface area contributed by atoms with Gasteiger partial charge in [-0.05, 0) is 48.8 Å². The predicted octanol–water partition coefficient (Wildman–Crippen LogP) is 3.35. The lowest BCUT2D eigenvalue weighted by atomic mass is 9.73. The molecule has 2 nitrogen and oxygen atoms in total. The molecule has 2 N–H and O–H groups in total. The summed E-state index contributed by atoms with van der Waals surface area (Å²) >= 11 is 0. The summed E-state index contributed by atoms with van der Waals surface area (Å²) in [4.78, 5) is 0. The zero-order valence-electron chi connectivity index (χ0n) is 12.3. The number of ether oxygens (including phenoxy) is 1. The van der Waals surface area contributed by atoms with Gasteiger partial charge in [-0.25, -0.2) is 0 Å². The van der Waals surface area contributed by atoms with E-state index in [2.05, 4.69) is 42.5 Å². The van der Waals surface area contributed by atoms with Crippen molar-refractivity contribution in [3.63, 3.8) is 0 Å². The summed E-state index contributed by atoms with van der Waals surface area (Å²) in [6.07, 6.45) is 5.16. The van der Waals surface area contributed by atoms with Gasteiger partial charge < -0.3 is 10.5 Å². The first-order chi connectivity index (χ1) is 10.3. The van der Waals surface area contributed by atoms with Crippen molar-refractivity contribution in [2.75, 3.05) is 6.61 Å². The Labute approximate surface area is 125 Å². The van der Waals surface area contributed by atoms with Crippen LogP contribution in [0.4, 0.5) is 0 Å². The van der Waals surface area contributed by atoms with E-state index in [1.54, 1.807) is 0 Å². The topological polar surface area (TPSA) is 35.2 Å². The van der Waals surface area contributed by atoms with Gasteiger partial charge in [-0.1, -0.05) is 42.5 Å². The quantitative estimate of drug-likeness (QED) is 0.869. The molecule has 0 aromatic heterocycles. The van der Waals surface area contributed by atoms with E-state index >= 15 is 0 Å². The highest BCUT2D eigenvalue weighted by molar-refractivity contribution is 5.48. The number of nitrogens with two attached hydrogens (primary N) is 1. The van der Waals surface area contributed by atoms with Crippen molar-refractivity contribution >= 4 is 0 Å². The first-order valence-corrected chi connectivity index (χ1v) is 7.87. The highest BCUT2D eigenvalue weighted by Crippen LogP contribution is 2.41. The number of para-hydroxylation sites is 1. The monoisotopic (exact) mass is 279 g/mol. The Kier molecular flexibility index (Phi) is 3.00. The normalized spacial score (nSPS) is 23.9. The Morgan fingerprint density at radius 1 is 0.905 bits per heavy atom. The Bertz CT molecular complexity index is 679. The largest absolute Gasteiger partial charge is 0.493 e. The molecule has 21 heavy (non-hydrogen) atoms. The van der Waals surface area contributed by atoms with Crippen LogP contribution in [0.3, 0.4) is 0 Å². The molecule has 1 aliphatic heterocycles. The van der Waals surface area contributed by atoms with Gasteiger partial charge in [0.2, 0.25) is 0 Å². The summed E-state index contributed by atoms with van der Waals surface area (Å²) in [6, 6.07) is 15.2. The zero-order valence-corrected chi connectivity index (χ0v) is 12.3. The van der Waals surface area contributed by atoms with E-state index in [9.17, 15) is 0 Å². The molecular formula is C19H21NO. The summed E-state index contributed by atoms with van der Waals surface area (Å²) in [5, 5.41) is 0. The van der Waals surface area contributed by atoms with Crippen molar-refractivity contribution in [3.05, 3.63) is 64.7 Å². The molecule has 1 unspecified atom stereocenters. The number of hydrogen-bond acceptors (Lipinski definition) is 2. The molecule has 0 bridgehead atoms. The maximum Gasteiger partial charge on any atom is 0.127 e. The minimum Gasteiger partial charge on any atom is -0.493 e. The second-order valence-corrected chi connectivity index (χ2v) is 6.35.